The highest BCUT2D eigenvalue weighted by molar-refractivity contribution is 6.31. The smallest absolute Gasteiger partial charge is 0.324 e. The fourth-order valence-electron chi connectivity index (χ4n) is 3.42. The van der Waals surface area contributed by atoms with Crippen molar-refractivity contribution in [3.8, 4) is 0 Å². The molecule has 0 atom stereocenters. The van der Waals surface area contributed by atoms with E-state index in [4.69, 9.17) is 11.6 Å². The summed E-state index contributed by atoms with van der Waals surface area (Å²) in [5, 5.41) is 7.37. The summed E-state index contributed by atoms with van der Waals surface area (Å²) in [4.78, 5) is 38.9. The predicted octanol–water partition coefficient (Wildman–Crippen LogP) is 2.68. The zero-order valence-electron chi connectivity index (χ0n) is 17.3. The Balaban J connectivity index is 1.75. The molecular weight excluding hydrogens is 437 g/mol. The molecule has 0 aliphatic heterocycles. The molecule has 1 amide bonds. The maximum atomic E-state index is 13.2. The molecule has 0 saturated heterocycles. The summed E-state index contributed by atoms with van der Waals surface area (Å²) in [5.41, 5.74) is 0.943. The maximum Gasteiger partial charge on any atom is 0.332 e. The summed E-state index contributed by atoms with van der Waals surface area (Å²) in [6.45, 7) is 1.40. The first-order chi connectivity index (χ1) is 15.2. The van der Waals surface area contributed by atoms with Crippen LogP contribution in [0.3, 0.4) is 0 Å². The SMILES string of the molecule is Cc1ccc(Cl)cc1NC(=O)Cn1c(=O)n(Cc2ccc(F)cc2)c(=O)c2nn(C)cc21. The van der Waals surface area contributed by atoms with Crippen molar-refractivity contribution in [2.75, 3.05) is 5.32 Å². The normalized spacial score (nSPS) is 11.1. The fourth-order valence-corrected chi connectivity index (χ4v) is 3.59. The van der Waals surface area contributed by atoms with Crippen LogP contribution in [-0.2, 0) is 24.9 Å². The van der Waals surface area contributed by atoms with Crippen LogP contribution < -0.4 is 16.6 Å². The van der Waals surface area contributed by atoms with E-state index < -0.39 is 23.0 Å². The number of amides is 1. The Kier molecular flexibility index (Phi) is 5.67. The lowest BCUT2D eigenvalue weighted by Gasteiger charge is -2.13. The molecule has 2 aromatic carbocycles. The van der Waals surface area contributed by atoms with Crippen molar-refractivity contribution in [3.05, 3.63) is 91.5 Å². The van der Waals surface area contributed by atoms with Gasteiger partial charge in [-0.3, -0.25) is 23.4 Å². The van der Waals surface area contributed by atoms with Gasteiger partial charge in [0.05, 0.1) is 12.1 Å². The lowest BCUT2D eigenvalue weighted by Crippen LogP contribution is -2.41. The number of aryl methyl sites for hydroxylation is 2. The van der Waals surface area contributed by atoms with Crippen LogP contribution in [0.15, 0.2) is 58.3 Å². The van der Waals surface area contributed by atoms with Gasteiger partial charge in [-0.15, -0.1) is 0 Å². The molecule has 32 heavy (non-hydrogen) atoms. The van der Waals surface area contributed by atoms with Gasteiger partial charge in [0, 0.05) is 24.0 Å². The van der Waals surface area contributed by atoms with Crippen LogP contribution >= 0.6 is 11.6 Å². The summed E-state index contributed by atoms with van der Waals surface area (Å²) in [6.07, 6.45) is 1.51. The van der Waals surface area contributed by atoms with Gasteiger partial charge in [0.25, 0.3) is 5.56 Å². The van der Waals surface area contributed by atoms with E-state index in [1.54, 1.807) is 25.2 Å². The van der Waals surface area contributed by atoms with Crippen molar-refractivity contribution in [3.63, 3.8) is 0 Å². The molecular formula is C22H19ClFN5O3. The number of halogens is 2. The highest BCUT2D eigenvalue weighted by Crippen LogP contribution is 2.20. The van der Waals surface area contributed by atoms with E-state index in [0.29, 0.717) is 16.3 Å². The molecule has 4 aromatic rings. The van der Waals surface area contributed by atoms with E-state index >= 15 is 0 Å². The van der Waals surface area contributed by atoms with Crippen LogP contribution in [0.1, 0.15) is 11.1 Å². The summed E-state index contributed by atoms with van der Waals surface area (Å²) in [5.74, 6) is -0.888. The number of carbonyl (C=O) groups is 1. The van der Waals surface area contributed by atoms with Gasteiger partial charge >= 0.3 is 5.69 Å². The number of nitrogens with zero attached hydrogens (tertiary/aromatic N) is 4. The van der Waals surface area contributed by atoms with Crippen LogP contribution in [0.5, 0.6) is 0 Å². The predicted molar refractivity (Wildman–Crippen MR) is 120 cm³/mol. The number of nitrogens with one attached hydrogen (secondary N) is 1. The molecule has 0 bridgehead atoms. The maximum absolute atomic E-state index is 13.2. The van der Waals surface area contributed by atoms with E-state index in [-0.39, 0.29) is 24.1 Å². The Labute approximate surface area is 186 Å². The van der Waals surface area contributed by atoms with Gasteiger partial charge in [0.2, 0.25) is 5.91 Å². The van der Waals surface area contributed by atoms with Gasteiger partial charge in [-0.1, -0.05) is 29.8 Å². The second-order valence-corrected chi connectivity index (χ2v) is 7.87. The van der Waals surface area contributed by atoms with Gasteiger partial charge in [0.1, 0.15) is 12.4 Å². The Morgan fingerprint density at radius 2 is 1.84 bits per heavy atom. The Bertz CT molecular complexity index is 1450. The molecule has 0 unspecified atom stereocenters. The zero-order chi connectivity index (χ0) is 23.0. The monoisotopic (exact) mass is 455 g/mol. The van der Waals surface area contributed by atoms with E-state index in [1.165, 1.54) is 39.7 Å². The minimum Gasteiger partial charge on any atom is -0.324 e. The second-order valence-electron chi connectivity index (χ2n) is 7.43. The molecule has 0 spiro atoms. The quantitative estimate of drug-likeness (QED) is 0.501. The average Bonchev–Trinajstić information content (AvgIpc) is 3.14. The van der Waals surface area contributed by atoms with Crippen molar-refractivity contribution >= 4 is 34.2 Å². The molecule has 2 aromatic heterocycles. The first kappa shape index (κ1) is 21.5. The third-order valence-electron chi connectivity index (χ3n) is 5.04. The third kappa shape index (κ3) is 4.19. The first-order valence-corrected chi connectivity index (χ1v) is 10.1. The van der Waals surface area contributed by atoms with Crippen molar-refractivity contribution in [1.82, 2.24) is 18.9 Å². The van der Waals surface area contributed by atoms with Gasteiger partial charge < -0.3 is 5.32 Å². The van der Waals surface area contributed by atoms with Crippen LogP contribution in [0.4, 0.5) is 10.1 Å². The van der Waals surface area contributed by atoms with Crippen LogP contribution in [0.25, 0.3) is 11.0 Å². The van der Waals surface area contributed by atoms with E-state index in [2.05, 4.69) is 10.4 Å². The number of benzene rings is 2. The highest BCUT2D eigenvalue weighted by Gasteiger charge is 2.19. The lowest BCUT2D eigenvalue weighted by molar-refractivity contribution is -0.116. The Hall–Kier alpha value is -3.72. The highest BCUT2D eigenvalue weighted by atomic mass is 35.5. The molecule has 10 heteroatoms. The fraction of sp³-hybridized carbons (Fsp3) is 0.182. The molecule has 4 rings (SSSR count). The molecule has 1 N–H and O–H groups in total. The molecule has 0 aliphatic rings. The standard InChI is InChI=1S/C22H19ClFN5O3/c1-13-3-6-15(23)9-17(13)25-19(30)12-28-18-11-27(2)26-20(18)21(31)29(22(28)32)10-14-4-7-16(24)8-5-14/h3-9,11H,10,12H2,1-2H3,(H,25,30). The molecule has 0 radical (unpaired) electrons. The number of fused-ring (bicyclic) bond motifs is 1. The average molecular weight is 456 g/mol. The van der Waals surface area contributed by atoms with E-state index in [0.717, 1.165) is 10.1 Å². The van der Waals surface area contributed by atoms with Crippen LogP contribution in [-0.4, -0.2) is 24.8 Å². The Morgan fingerprint density at radius 1 is 1.12 bits per heavy atom. The first-order valence-electron chi connectivity index (χ1n) is 9.70. The third-order valence-corrected chi connectivity index (χ3v) is 5.27. The summed E-state index contributed by atoms with van der Waals surface area (Å²) < 4.78 is 16.8. The second kappa shape index (κ2) is 8.43. The molecule has 0 saturated carbocycles. The summed E-state index contributed by atoms with van der Waals surface area (Å²) >= 11 is 6.01. The van der Waals surface area contributed by atoms with Gasteiger partial charge in [-0.2, -0.15) is 5.10 Å². The van der Waals surface area contributed by atoms with Gasteiger partial charge in [-0.25, -0.2) is 9.18 Å². The number of rotatable bonds is 5. The van der Waals surface area contributed by atoms with Crippen molar-refractivity contribution < 1.29 is 9.18 Å². The van der Waals surface area contributed by atoms with Crippen molar-refractivity contribution in [1.29, 1.82) is 0 Å². The van der Waals surface area contributed by atoms with Gasteiger partial charge in [-0.05, 0) is 42.3 Å². The molecule has 0 aliphatic carbocycles. The van der Waals surface area contributed by atoms with Gasteiger partial charge in [0.15, 0.2) is 5.52 Å². The summed E-state index contributed by atoms with van der Waals surface area (Å²) in [6, 6.07) is 10.6. The lowest BCUT2D eigenvalue weighted by atomic mass is 10.2. The molecule has 164 valence electrons. The molecule has 8 nitrogen and oxygen atoms in total. The number of aromatic nitrogens is 4. The van der Waals surface area contributed by atoms with E-state index in [9.17, 15) is 18.8 Å². The number of carbonyl (C=O) groups excluding carboxylic acids is 1. The number of hydrogen-bond acceptors (Lipinski definition) is 4. The van der Waals surface area contributed by atoms with Crippen LogP contribution in [0, 0.1) is 12.7 Å². The van der Waals surface area contributed by atoms with E-state index in [1.807, 2.05) is 6.92 Å². The van der Waals surface area contributed by atoms with Crippen LogP contribution in [0.2, 0.25) is 5.02 Å². The molecule has 2 heterocycles. The number of hydrogen-bond donors (Lipinski definition) is 1. The van der Waals surface area contributed by atoms with Crippen molar-refractivity contribution in [2.24, 2.45) is 7.05 Å². The summed E-state index contributed by atoms with van der Waals surface area (Å²) in [7, 11) is 1.62. The topological polar surface area (TPSA) is 90.9 Å². The largest absolute Gasteiger partial charge is 0.332 e. The number of anilines is 1. The molecule has 0 fully saturated rings. The Morgan fingerprint density at radius 3 is 2.56 bits per heavy atom. The zero-order valence-corrected chi connectivity index (χ0v) is 18.1. The van der Waals surface area contributed by atoms with Crippen molar-refractivity contribution in [2.45, 2.75) is 20.0 Å². The minimum absolute atomic E-state index is 0.0564. The minimum atomic E-state index is -0.669.